The van der Waals surface area contributed by atoms with E-state index in [0.717, 1.165) is 38.4 Å². The van der Waals surface area contributed by atoms with Crippen LogP contribution in [0.5, 0.6) is 0 Å². The predicted molar refractivity (Wildman–Crippen MR) is 117 cm³/mol. The van der Waals surface area contributed by atoms with Crippen molar-refractivity contribution in [3.8, 4) is 0 Å². The molecule has 166 valence electrons. The van der Waals surface area contributed by atoms with Crippen molar-refractivity contribution in [1.82, 2.24) is 9.21 Å². The topological polar surface area (TPSA) is 57.7 Å². The second-order valence-corrected chi connectivity index (χ2v) is 10.5. The average Bonchev–Trinajstić information content (AvgIpc) is 2.80. The van der Waals surface area contributed by atoms with Crippen molar-refractivity contribution < 1.29 is 17.6 Å². The van der Waals surface area contributed by atoms with Gasteiger partial charge >= 0.3 is 0 Å². The number of nitrogens with zero attached hydrogens (tertiary/aromatic N) is 2. The molecule has 0 unspecified atom stereocenters. The first-order chi connectivity index (χ1) is 14.9. The molecule has 2 fully saturated rings. The van der Waals surface area contributed by atoms with Crippen molar-refractivity contribution in [3.05, 3.63) is 66.0 Å². The van der Waals surface area contributed by atoms with Gasteiger partial charge in [0.15, 0.2) is 0 Å². The molecule has 2 saturated heterocycles. The average molecular weight is 445 g/mol. The standard InChI is InChI=1S/C24H29FN2O3S/c25-22-8-4-5-9-23(22)31(29,30)27-16-12-21(13-17-27)24(28)26-14-10-20(11-15-26)18-19-6-2-1-3-7-19/h1-9,20-21H,10-18H2. The lowest BCUT2D eigenvalue weighted by Crippen LogP contribution is -2.46. The summed E-state index contributed by atoms with van der Waals surface area (Å²) in [6.45, 7) is 2.03. The molecule has 0 bridgehead atoms. The van der Waals surface area contributed by atoms with Crippen molar-refractivity contribution >= 4 is 15.9 Å². The van der Waals surface area contributed by atoms with E-state index in [-0.39, 0.29) is 29.8 Å². The lowest BCUT2D eigenvalue weighted by atomic mass is 9.89. The Morgan fingerprint density at radius 2 is 1.48 bits per heavy atom. The lowest BCUT2D eigenvalue weighted by Gasteiger charge is -2.37. The molecule has 0 aromatic heterocycles. The van der Waals surface area contributed by atoms with E-state index < -0.39 is 15.8 Å². The minimum atomic E-state index is -3.87. The van der Waals surface area contributed by atoms with Crippen LogP contribution in [-0.4, -0.2) is 49.7 Å². The van der Waals surface area contributed by atoms with Crippen LogP contribution in [-0.2, 0) is 21.2 Å². The van der Waals surface area contributed by atoms with Gasteiger partial charge in [0, 0.05) is 32.1 Å². The number of halogens is 1. The number of rotatable bonds is 5. The Labute approximate surface area is 183 Å². The van der Waals surface area contributed by atoms with Crippen molar-refractivity contribution in [1.29, 1.82) is 0 Å². The third kappa shape index (κ3) is 4.99. The molecule has 2 aliphatic heterocycles. The number of carbonyl (C=O) groups is 1. The third-order valence-corrected chi connectivity index (χ3v) is 8.48. The maximum absolute atomic E-state index is 14.0. The lowest BCUT2D eigenvalue weighted by molar-refractivity contribution is -0.138. The molecule has 7 heteroatoms. The van der Waals surface area contributed by atoms with E-state index in [9.17, 15) is 17.6 Å². The molecule has 2 heterocycles. The van der Waals surface area contributed by atoms with Gasteiger partial charge in [-0.1, -0.05) is 42.5 Å². The minimum Gasteiger partial charge on any atom is -0.342 e. The van der Waals surface area contributed by atoms with Crippen LogP contribution in [0.15, 0.2) is 59.5 Å². The molecule has 1 amide bonds. The highest BCUT2D eigenvalue weighted by Crippen LogP contribution is 2.28. The summed E-state index contributed by atoms with van der Waals surface area (Å²) >= 11 is 0. The summed E-state index contributed by atoms with van der Waals surface area (Å²) in [6, 6.07) is 15.9. The summed E-state index contributed by atoms with van der Waals surface area (Å²) in [7, 11) is -3.87. The van der Waals surface area contributed by atoms with Crippen molar-refractivity contribution in [2.75, 3.05) is 26.2 Å². The van der Waals surface area contributed by atoms with Gasteiger partial charge in [0.25, 0.3) is 0 Å². The van der Waals surface area contributed by atoms with Crippen LogP contribution in [0.4, 0.5) is 4.39 Å². The Morgan fingerprint density at radius 3 is 2.13 bits per heavy atom. The summed E-state index contributed by atoms with van der Waals surface area (Å²) < 4.78 is 40.8. The number of piperidine rings is 2. The summed E-state index contributed by atoms with van der Waals surface area (Å²) in [5.41, 5.74) is 1.34. The van der Waals surface area contributed by atoms with Gasteiger partial charge in [-0.05, 0) is 55.7 Å². The van der Waals surface area contributed by atoms with Crippen LogP contribution in [0.25, 0.3) is 0 Å². The van der Waals surface area contributed by atoms with E-state index in [4.69, 9.17) is 0 Å². The van der Waals surface area contributed by atoms with Crippen LogP contribution in [0.3, 0.4) is 0 Å². The van der Waals surface area contributed by atoms with Gasteiger partial charge in [0.05, 0.1) is 0 Å². The van der Waals surface area contributed by atoms with E-state index in [1.165, 1.54) is 28.1 Å². The van der Waals surface area contributed by atoms with Gasteiger partial charge in [-0.25, -0.2) is 12.8 Å². The summed E-state index contributed by atoms with van der Waals surface area (Å²) in [5.74, 6) is -0.155. The summed E-state index contributed by atoms with van der Waals surface area (Å²) in [5, 5.41) is 0. The van der Waals surface area contributed by atoms with Crippen LogP contribution in [0, 0.1) is 17.7 Å². The molecular formula is C24H29FN2O3S. The maximum Gasteiger partial charge on any atom is 0.245 e. The van der Waals surface area contributed by atoms with Crippen LogP contribution in [0.1, 0.15) is 31.2 Å². The molecule has 31 heavy (non-hydrogen) atoms. The van der Waals surface area contributed by atoms with Gasteiger partial charge in [0.2, 0.25) is 15.9 Å². The molecular weight excluding hydrogens is 415 g/mol. The third-order valence-electron chi connectivity index (χ3n) is 6.55. The van der Waals surface area contributed by atoms with Crippen molar-refractivity contribution in [2.24, 2.45) is 11.8 Å². The quantitative estimate of drug-likeness (QED) is 0.707. The second kappa shape index (κ2) is 9.49. The van der Waals surface area contributed by atoms with Gasteiger partial charge in [-0.3, -0.25) is 4.79 Å². The molecule has 0 radical (unpaired) electrons. The number of hydrogen-bond acceptors (Lipinski definition) is 3. The first kappa shape index (κ1) is 22.0. The van der Waals surface area contributed by atoms with E-state index >= 15 is 0 Å². The number of amides is 1. The fourth-order valence-corrected chi connectivity index (χ4v) is 6.23. The fraction of sp³-hybridized carbons (Fsp3) is 0.458. The zero-order chi connectivity index (χ0) is 21.8. The number of benzene rings is 2. The Kier molecular flexibility index (Phi) is 6.72. The fourth-order valence-electron chi connectivity index (χ4n) is 4.70. The monoisotopic (exact) mass is 444 g/mol. The van der Waals surface area contributed by atoms with Gasteiger partial charge in [0.1, 0.15) is 10.7 Å². The van der Waals surface area contributed by atoms with Gasteiger partial charge in [-0.15, -0.1) is 0 Å². The Bertz CT molecular complexity index is 996. The molecule has 2 aliphatic rings. The smallest absolute Gasteiger partial charge is 0.245 e. The molecule has 0 N–H and O–H groups in total. The molecule has 0 aliphatic carbocycles. The molecule has 2 aromatic carbocycles. The molecule has 0 atom stereocenters. The largest absolute Gasteiger partial charge is 0.342 e. The number of hydrogen-bond donors (Lipinski definition) is 0. The highest BCUT2D eigenvalue weighted by atomic mass is 32.2. The molecule has 0 spiro atoms. The Hall–Kier alpha value is -2.25. The second-order valence-electron chi connectivity index (χ2n) is 8.57. The predicted octanol–water partition coefficient (Wildman–Crippen LogP) is 3.71. The first-order valence-electron chi connectivity index (χ1n) is 11.0. The highest BCUT2D eigenvalue weighted by molar-refractivity contribution is 7.89. The van der Waals surface area contributed by atoms with E-state index in [2.05, 4.69) is 24.3 Å². The van der Waals surface area contributed by atoms with Crippen LogP contribution in [0.2, 0.25) is 0 Å². The number of sulfonamides is 1. The molecule has 5 nitrogen and oxygen atoms in total. The van der Waals surface area contributed by atoms with Gasteiger partial charge in [-0.2, -0.15) is 4.31 Å². The summed E-state index contributed by atoms with van der Waals surface area (Å²) in [4.78, 5) is 14.7. The zero-order valence-electron chi connectivity index (χ0n) is 17.6. The molecule has 4 rings (SSSR count). The highest BCUT2D eigenvalue weighted by Gasteiger charge is 2.35. The normalized spacial score (nSPS) is 19.5. The van der Waals surface area contributed by atoms with Crippen LogP contribution < -0.4 is 0 Å². The van der Waals surface area contributed by atoms with E-state index in [1.807, 2.05) is 11.0 Å². The summed E-state index contributed by atoms with van der Waals surface area (Å²) in [6.07, 6.45) is 4.02. The molecule has 0 saturated carbocycles. The number of likely N-dealkylation sites (tertiary alicyclic amines) is 1. The molecule has 2 aromatic rings. The van der Waals surface area contributed by atoms with Crippen LogP contribution >= 0.6 is 0 Å². The Balaban J connectivity index is 1.28. The maximum atomic E-state index is 14.0. The van der Waals surface area contributed by atoms with Crippen molar-refractivity contribution in [3.63, 3.8) is 0 Å². The van der Waals surface area contributed by atoms with Gasteiger partial charge < -0.3 is 4.90 Å². The Morgan fingerprint density at radius 1 is 0.871 bits per heavy atom. The van der Waals surface area contributed by atoms with E-state index in [1.54, 1.807) is 0 Å². The first-order valence-corrected chi connectivity index (χ1v) is 12.5. The van der Waals surface area contributed by atoms with Crippen molar-refractivity contribution in [2.45, 2.75) is 37.0 Å². The number of carbonyl (C=O) groups excluding carboxylic acids is 1. The van der Waals surface area contributed by atoms with E-state index in [0.29, 0.717) is 18.8 Å². The minimum absolute atomic E-state index is 0.140. The SMILES string of the molecule is O=C(C1CCN(S(=O)(=O)c2ccccc2F)CC1)N1CCC(Cc2ccccc2)CC1. The zero-order valence-corrected chi connectivity index (χ0v) is 18.4.